The van der Waals surface area contributed by atoms with Crippen LogP contribution < -0.4 is 4.90 Å². The smallest absolute Gasteiger partial charge is 0.220 e. The van der Waals surface area contributed by atoms with Gasteiger partial charge in [-0.2, -0.15) is 0 Å². The van der Waals surface area contributed by atoms with E-state index >= 15 is 0 Å². The molecule has 33 heavy (non-hydrogen) atoms. The standard InChI is InChI=1S/C27H33N5O/c1-20(33)32-16-8-11-25(32)27-28-24(17-26(29-27)30(2)3)19-31(4)18-21-12-14-23(15-13-21)22-9-6-5-7-10-22/h5-7,9-10,12-15,17,25H,8,11,16,18-19H2,1-4H3/t25-/m1/s1. The average Bonchev–Trinajstić information content (AvgIpc) is 3.30. The highest BCUT2D eigenvalue weighted by molar-refractivity contribution is 5.74. The molecular formula is C27H33N5O. The van der Waals surface area contributed by atoms with Crippen LogP contribution in [0.15, 0.2) is 60.7 Å². The molecule has 1 atom stereocenters. The lowest BCUT2D eigenvalue weighted by molar-refractivity contribution is -0.129. The van der Waals surface area contributed by atoms with E-state index in [2.05, 4.69) is 60.5 Å². The zero-order valence-corrected chi connectivity index (χ0v) is 20.0. The lowest BCUT2D eigenvalue weighted by Crippen LogP contribution is -2.30. The highest BCUT2D eigenvalue weighted by atomic mass is 16.2. The predicted octanol–water partition coefficient (Wildman–Crippen LogP) is 4.53. The number of benzene rings is 2. The number of likely N-dealkylation sites (tertiary alicyclic amines) is 1. The first kappa shape index (κ1) is 22.9. The van der Waals surface area contributed by atoms with Gasteiger partial charge in [0.25, 0.3) is 0 Å². The zero-order chi connectivity index (χ0) is 23.4. The Morgan fingerprint density at radius 2 is 1.67 bits per heavy atom. The maximum atomic E-state index is 12.1. The summed E-state index contributed by atoms with van der Waals surface area (Å²) in [5, 5.41) is 0. The molecule has 3 aromatic rings. The van der Waals surface area contributed by atoms with Crippen LogP contribution in [0.2, 0.25) is 0 Å². The minimum Gasteiger partial charge on any atom is -0.363 e. The number of rotatable bonds is 7. The molecule has 0 bridgehead atoms. The zero-order valence-electron chi connectivity index (χ0n) is 20.0. The molecule has 0 N–H and O–H groups in total. The second kappa shape index (κ2) is 10.1. The van der Waals surface area contributed by atoms with E-state index in [-0.39, 0.29) is 11.9 Å². The summed E-state index contributed by atoms with van der Waals surface area (Å²) in [6, 6.07) is 21.2. The average molecular weight is 444 g/mol. The first-order valence-electron chi connectivity index (χ1n) is 11.6. The highest BCUT2D eigenvalue weighted by Gasteiger charge is 2.30. The van der Waals surface area contributed by atoms with E-state index in [4.69, 9.17) is 9.97 Å². The van der Waals surface area contributed by atoms with E-state index in [1.165, 1.54) is 16.7 Å². The Morgan fingerprint density at radius 1 is 0.970 bits per heavy atom. The molecular weight excluding hydrogens is 410 g/mol. The lowest BCUT2D eigenvalue weighted by atomic mass is 10.0. The van der Waals surface area contributed by atoms with Gasteiger partial charge in [-0.15, -0.1) is 0 Å². The van der Waals surface area contributed by atoms with Crippen molar-refractivity contribution >= 4 is 11.7 Å². The number of amides is 1. The van der Waals surface area contributed by atoms with Crippen molar-refractivity contribution in [2.75, 3.05) is 32.6 Å². The Morgan fingerprint density at radius 3 is 2.33 bits per heavy atom. The van der Waals surface area contributed by atoms with Gasteiger partial charge >= 0.3 is 0 Å². The molecule has 0 spiro atoms. The van der Waals surface area contributed by atoms with Gasteiger partial charge in [0.05, 0.1) is 11.7 Å². The molecule has 0 aliphatic carbocycles. The van der Waals surface area contributed by atoms with Gasteiger partial charge in [-0.3, -0.25) is 9.69 Å². The van der Waals surface area contributed by atoms with E-state index in [9.17, 15) is 4.79 Å². The number of aromatic nitrogens is 2. The Kier molecular flexibility index (Phi) is 7.04. The fourth-order valence-electron chi connectivity index (χ4n) is 4.45. The van der Waals surface area contributed by atoms with E-state index < -0.39 is 0 Å². The Hall–Kier alpha value is -3.25. The summed E-state index contributed by atoms with van der Waals surface area (Å²) in [6.07, 6.45) is 1.91. The van der Waals surface area contributed by atoms with Gasteiger partial charge in [0, 0.05) is 46.7 Å². The molecule has 6 nitrogen and oxygen atoms in total. The molecule has 1 aromatic heterocycles. The maximum absolute atomic E-state index is 12.1. The molecule has 172 valence electrons. The number of carbonyl (C=O) groups excluding carboxylic acids is 1. The normalized spacial score (nSPS) is 15.8. The molecule has 2 heterocycles. The molecule has 1 amide bonds. The van der Waals surface area contributed by atoms with Crippen molar-refractivity contribution in [2.45, 2.75) is 38.9 Å². The molecule has 0 radical (unpaired) electrons. The van der Waals surface area contributed by atoms with Crippen LogP contribution >= 0.6 is 0 Å². The van der Waals surface area contributed by atoms with Gasteiger partial charge in [0.15, 0.2) is 5.82 Å². The SMILES string of the molecule is CC(=O)N1CCC[C@@H]1c1nc(CN(C)Cc2ccc(-c3ccccc3)cc2)cc(N(C)C)n1. The minimum atomic E-state index is -0.0306. The van der Waals surface area contributed by atoms with Gasteiger partial charge in [-0.25, -0.2) is 9.97 Å². The lowest BCUT2D eigenvalue weighted by Gasteiger charge is -2.24. The van der Waals surface area contributed by atoms with Crippen molar-refractivity contribution in [3.63, 3.8) is 0 Å². The number of nitrogens with zero attached hydrogens (tertiary/aromatic N) is 5. The molecule has 1 aliphatic rings. The first-order valence-corrected chi connectivity index (χ1v) is 11.6. The third-order valence-corrected chi connectivity index (χ3v) is 6.14. The fraction of sp³-hybridized carbons (Fsp3) is 0.370. The van der Waals surface area contributed by atoms with Crippen LogP contribution in [0.5, 0.6) is 0 Å². The third-order valence-electron chi connectivity index (χ3n) is 6.14. The number of anilines is 1. The second-order valence-corrected chi connectivity index (χ2v) is 9.08. The Labute approximate surface area is 196 Å². The number of hydrogen-bond donors (Lipinski definition) is 0. The first-order chi connectivity index (χ1) is 15.9. The summed E-state index contributed by atoms with van der Waals surface area (Å²) in [4.78, 5) is 27.9. The van der Waals surface area contributed by atoms with Crippen molar-refractivity contribution in [3.05, 3.63) is 77.7 Å². The van der Waals surface area contributed by atoms with Crippen molar-refractivity contribution in [3.8, 4) is 11.1 Å². The summed E-state index contributed by atoms with van der Waals surface area (Å²) in [5.74, 6) is 1.73. The van der Waals surface area contributed by atoms with Crippen LogP contribution in [-0.2, 0) is 17.9 Å². The maximum Gasteiger partial charge on any atom is 0.220 e. The quantitative estimate of drug-likeness (QED) is 0.537. The molecule has 1 fully saturated rings. The third kappa shape index (κ3) is 5.57. The van der Waals surface area contributed by atoms with Gasteiger partial charge in [0.1, 0.15) is 5.82 Å². The molecule has 0 unspecified atom stereocenters. The molecule has 1 saturated heterocycles. The predicted molar refractivity (Wildman–Crippen MR) is 133 cm³/mol. The van der Waals surface area contributed by atoms with E-state index in [0.29, 0.717) is 6.54 Å². The summed E-state index contributed by atoms with van der Waals surface area (Å²) in [5.41, 5.74) is 4.69. The number of carbonyl (C=O) groups is 1. The van der Waals surface area contributed by atoms with Crippen LogP contribution in [0.4, 0.5) is 5.82 Å². The van der Waals surface area contributed by atoms with Crippen LogP contribution in [0.3, 0.4) is 0 Å². The summed E-state index contributed by atoms with van der Waals surface area (Å²) in [6.45, 7) is 3.95. The van der Waals surface area contributed by atoms with Crippen LogP contribution in [0, 0.1) is 0 Å². The fourth-order valence-corrected chi connectivity index (χ4v) is 4.45. The molecule has 2 aromatic carbocycles. The van der Waals surface area contributed by atoms with Crippen LogP contribution in [0.25, 0.3) is 11.1 Å². The minimum absolute atomic E-state index is 0.0306. The van der Waals surface area contributed by atoms with E-state index in [0.717, 1.165) is 43.3 Å². The summed E-state index contributed by atoms with van der Waals surface area (Å²) < 4.78 is 0. The topological polar surface area (TPSA) is 52.6 Å². The van der Waals surface area contributed by atoms with Crippen molar-refractivity contribution < 1.29 is 4.79 Å². The number of hydrogen-bond acceptors (Lipinski definition) is 5. The summed E-state index contributed by atoms with van der Waals surface area (Å²) in [7, 11) is 6.09. The van der Waals surface area contributed by atoms with E-state index in [1.807, 2.05) is 36.0 Å². The summed E-state index contributed by atoms with van der Waals surface area (Å²) >= 11 is 0. The second-order valence-electron chi connectivity index (χ2n) is 9.08. The van der Waals surface area contributed by atoms with Gasteiger partial charge in [-0.1, -0.05) is 54.6 Å². The van der Waals surface area contributed by atoms with Gasteiger partial charge in [0.2, 0.25) is 5.91 Å². The van der Waals surface area contributed by atoms with E-state index in [1.54, 1.807) is 6.92 Å². The van der Waals surface area contributed by atoms with Crippen LogP contribution in [0.1, 0.15) is 42.9 Å². The monoisotopic (exact) mass is 443 g/mol. The highest BCUT2D eigenvalue weighted by Crippen LogP contribution is 2.31. The van der Waals surface area contributed by atoms with Crippen LogP contribution in [-0.4, -0.2) is 53.4 Å². The van der Waals surface area contributed by atoms with Crippen molar-refractivity contribution in [2.24, 2.45) is 0 Å². The molecule has 0 saturated carbocycles. The van der Waals surface area contributed by atoms with Crippen molar-refractivity contribution in [1.29, 1.82) is 0 Å². The Bertz CT molecular complexity index is 1080. The molecule has 1 aliphatic heterocycles. The largest absolute Gasteiger partial charge is 0.363 e. The van der Waals surface area contributed by atoms with Gasteiger partial charge < -0.3 is 9.80 Å². The molecule has 6 heteroatoms. The molecule has 4 rings (SSSR count). The Balaban J connectivity index is 1.48. The van der Waals surface area contributed by atoms with Gasteiger partial charge in [-0.05, 0) is 36.6 Å². The van der Waals surface area contributed by atoms with Crippen molar-refractivity contribution in [1.82, 2.24) is 19.8 Å².